The van der Waals surface area contributed by atoms with Crippen molar-refractivity contribution in [1.29, 1.82) is 0 Å². The summed E-state index contributed by atoms with van der Waals surface area (Å²) < 4.78 is 85.7. The van der Waals surface area contributed by atoms with Gasteiger partial charge in [0.1, 0.15) is 33.8 Å². The lowest BCUT2D eigenvalue weighted by molar-refractivity contribution is -0.144. The standard InChI is InChI=1S/C19H19F5N2O4S/c1-18(2,3)31(29)26-16(15(21)17(27)28)12-8-10(4-6-13(12)20)30-11-5-7-14(25-9-11)19(22,23)24/h4-9,15-16,26H,1-3H3,(H,27,28)/t15-,16+,31?/m1/s1. The largest absolute Gasteiger partial charge is 0.598 e. The van der Waals surface area contributed by atoms with Crippen LogP contribution in [0.5, 0.6) is 11.5 Å². The Hall–Kier alpha value is -2.44. The Kier molecular flexibility index (Phi) is 7.50. The van der Waals surface area contributed by atoms with Crippen LogP contribution in [0.25, 0.3) is 0 Å². The minimum Gasteiger partial charge on any atom is -0.598 e. The van der Waals surface area contributed by atoms with E-state index >= 15 is 0 Å². The van der Waals surface area contributed by atoms with Crippen molar-refractivity contribution in [3.8, 4) is 11.5 Å². The van der Waals surface area contributed by atoms with E-state index in [9.17, 15) is 31.3 Å². The molecule has 1 unspecified atom stereocenters. The number of nitrogens with one attached hydrogen (secondary N) is 1. The Balaban J connectivity index is 2.36. The van der Waals surface area contributed by atoms with Crippen LogP contribution >= 0.6 is 0 Å². The van der Waals surface area contributed by atoms with Crippen LogP contribution in [0, 0.1) is 5.82 Å². The highest BCUT2D eigenvalue weighted by molar-refractivity contribution is 7.90. The van der Waals surface area contributed by atoms with E-state index < -0.39 is 57.5 Å². The quantitative estimate of drug-likeness (QED) is 0.459. The SMILES string of the molecule is CC(C)(C)[S+]([O-])N[C@@H](c1cc(Oc2ccc(C(F)(F)F)nc2)ccc1F)[C@@H](F)C(=O)O. The molecule has 2 aromatic rings. The van der Waals surface area contributed by atoms with Gasteiger partial charge in [-0.2, -0.15) is 13.2 Å². The topological polar surface area (TPSA) is 94.5 Å². The highest BCUT2D eigenvalue weighted by atomic mass is 32.2. The van der Waals surface area contributed by atoms with Crippen LogP contribution in [-0.2, 0) is 22.3 Å². The van der Waals surface area contributed by atoms with Gasteiger partial charge in [0.2, 0.25) is 6.17 Å². The van der Waals surface area contributed by atoms with E-state index in [2.05, 4.69) is 9.71 Å². The highest BCUT2D eigenvalue weighted by Gasteiger charge is 2.38. The van der Waals surface area contributed by atoms with Gasteiger partial charge in [-0.3, -0.25) is 0 Å². The van der Waals surface area contributed by atoms with Gasteiger partial charge in [-0.25, -0.2) is 18.6 Å². The first-order chi connectivity index (χ1) is 14.2. The molecule has 3 atom stereocenters. The Morgan fingerprint density at radius 2 is 1.81 bits per heavy atom. The monoisotopic (exact) mass is 466 g/mol. The molecule has 0 aliphatic rings. The maximum absolute atomic E-state index is 14.4. The summed E-state index contributed by atoms with van der Waals surface area (Å²) in [6, 6.07) is 2.79. The van der Waals surface area contributed by atoms with Crippen LogP contribution in [0.3, 0.4) is 0 Å². The average Bonchev–Trinajstić information content (AvgIpc) is 2.66. The lowest BCUT2D eigenvalue weighted by Crippen LogP contribution is -2.45. The predicted molar refractivity (Wildman–Crippen MR) is 102 cm³/mol. The molecule has 170 valence electrons. The molecule has 12 heteroatoms. The Bertz CT molecular complexity index is 919. The smallest absolute Gasteiger partial charge is 0.433 e. The summed E-state index contributed by atoms with van der Waals surface area (Å²) in [6.07, 6.45) is -6.49. The molecule has 0 aliphatic heterocycles. The second-order valence-corrected chi connectivity index (χ2v) is 9.38. The maximum Gasteiger partial charge on any atom is 0.433 e. The summed E-state index contributed by atoms with van der Waals surface area (Å²) in [6.45, 7) is 4.65. The van der Waals surface area contributed by atoms with Gasteiger partial charge in [-0.15, -0.1) is 4.72 Å². The fraction of sp³-hybridized carbons (Fsp3) is 0.368. The number of hydrogen-bond donors (Lipinski definition) is 2. The molecule has 0 radical (unpaired) electrons. The number of hydrogen-bond acceptors (Lipinski definition) is 5. The van der Waals surface area contributed by atoms with Crippen LogP contribution in [0.4, 0.5) is 22.0 Å². The summed E-state index contributed by atoms with van der Waals surface area (Å²) in [7, 11) is 0. The Morgan fingerprint density at radius 1 is 1.19 bits per heavy atom. The first kappa shape index (κ1) is 24.8. The number of pyridine rings is 1. The third-order valence-electron chi connectivity index (χ3n) is 3.88. The predicted octanol–water partition coefficient (Wildman–Crippen LogP) is 4.55. The Morgan fingerprint density at radius 3 is 2.29 bits per heavy atom. The van der Waals surface area contributed by atoms with Crippen LogP contribution in [-0.4, -0.2) is 31.5 Å². The molecule has 0 saturated heterocycles. The number of alkyl halides is 4. The molecule has 1 heterocycles. The minimum atomic E-state index is -4.64. The molecule has 0 saturated carbocycles. The Labute approximate surface area is 177 Å². The summed E-state index contributed by atoms with van der Waals surface area (Å²) in [5, 5.41) is 9.05. The molecule has 1 aromatic carbocycles. The van der Waals surface area contributed by atoms with Gasteiger partial charge in [0, 0.05) is 16.9 Å². The molecular formula is C19H19F5N2O4S. The van der Waals surface area contributed by atoms with E-state index in [1.165, 1.54) is 0 Å². The zero-order chi connectivity index (χ0) is 23.6. The summed E-state index contributed by atoms with van der Waals surface area (Å²) in [5.74, 6) is -3.14. The van der Waals surface area contributed by atoms with Crippen LogP contribution in [0.15, 0.2) is 36.5 Å². The van der Waals surface area contributed by atoms with E-state index in [0.29, 0.717) is 6.07 Å². The normalized spacial score (nSPS) is 15.3. The van der Waals surface area contributed by atoms with E-state index in [-0.39, 0.29) is 11.5 Å². The zero-order valence-corrected chi connectivity index (χ0v) is 17.4. The molecule has 2 N–H and O–H groups in total. The maximum atomic E-state index is 14.4. The van der Waals surface area contributed by atoms with Crippen LogP contribution < -0.4 is 9.46 Å². The van der Waals surface area contributed by atoms with Crippen molar-refractivity contribution in [1.82, 2.24) is 9.71 Å². The molecule has 0 fully saturated rings. The van der Waals surface area contributed by atoms with Crippen molar-refractivity contribution >= 4 is 17.3 Å². The van der Waals surface area contributed by atoms with Crippen molar-refractivity contribution < 1.29 is 41.1 Å². The van der Waals surface area contributed by atoms with Crippen molar-refractivity contribution in [3.63, 3.8) is 0 Å². The molecule has 6 nitrogen and oxygen atoms in total. The number of halogens is 5. The van der Waals surface area contributed by atoms with Crippen molar-refractivity contribution in [2.45, 2.75) is 43.9 Å². The molecule has 0 aliphatic carbocycles. The lowest BCUT2D eigenvalue weighted by Gasteiger charge is -2.29. The molecule has 2 rings (SSSR count). The van der Waals surface area contributed by atoms with Crippen LogP contribution in [0.1, 0.15) is 38.1 Å². The third-order valence-corrected chi connectivity index (χ3v) is 5.46. The number of nitrogens with zero attached hydrogens (tertiary/aromatic N) is 1. The van der Waals surface area contributed by atoms with E-state index in [1.54, 1.807) is 20.8 Å². The van der Waals surface area contributed by atoms with Crippen molar-refractivity contribution in [2.24, 2.45) is 0 Å². The molecular weight excluding hydrogens is 447 g/mol. The molecule has 1 aromatic heterocycles. The van der Waals surface area contributed by atoms with Gasteiger partial charge in [0.15, 0.2) is 0 Å². The summed E-state index contributed by atoms with van der Waals surface area (Å²) >= 11 is -1.95. The number of ether oxygens (including phenoxy) is 1. The fourth-order valence-electron chi connectivity index (χ4n) is 2.28. The van der Waals surface area contributed by atoms with Gasteiger partial charge in [-0.1, -0.05) is 0 Å². The average molecular weight is 466 g/mol. The van der Waals surface area contributed by atoms with E-state index in [0.717, 1.165) is 30.5 Å². The molecule has 0 amide bonds. The van der Waals surface area contributed by atoms with Gasteiger partial charge < -0.3 is 14.4 Å². The van der Waals surface area contributed by atoms with Gasteiger partial charge in [0.25, 0.3) is 0 Å². The molecule has 0 spiro atoms. The second-order valence-electron chi connectivity index (χ2n) is 7.38. The van der Waals surface area contributed by atoms with E-state index in [4.69, 9.17) is 9.84 Å². The van der Waals surface area contributed by atoms with Gasteiger partial charge in [0.05, 0.1) is 6.20 Å². The number of aromatic nitrogens is 1. The highest BCUT2D eigenvalue weighted by Crippen LogP contribution is 2.32. The van der Waals surface area contributed by atoms with Gasteiger partial charge >= 0.3 is 12.1 Å². The molecule has 31 heavy (non-hydrogen) atoms. The first-order valence-electron chi connectivity index (χ1n) is 8.75. The second kappa shape index (κ2) is 9.37. The fourth-order valence-corrected chi connectivity index (χ4v) is 3.11. The third kappa shape index (κ3) is 6.52. The number of benzene rings is 1. The van der Waals surface area contributed by atoms with Crippen LogP contribution in [0.2, 0.25) is 0 Å². The number of carboxylic acids is 1. The number of rotatable bonds is 7. The number of aliphatic carboxylic acids is 1. The first-order valence-corrected chi connectivity index (χ1v) is 9.90. The van der Waals surface area contributed by atoms with Gasteiger partial charge in [-0.05, 0) is 51.1 Å². The number of carboxylic acid groups (broad SMARTS) is 1. The van der Waals surface area contributed by atoms with E-state index in [1.807, 2.05) is 0 Å². The number of carbonyl (C=O) groups is 1. The van der Waals surface area contributed by atoms with Crippen molar-refractivity contribution in [2.75, 3.05) is 0 Å². The minimum absolute atomic E-state index is 0.121. The summed E-state index contributed by atoms with van der Waals surface area (Å²) in [5.41, 5.74) is -1.62. The zero-order valence-electron chi connectivity index (χ0n) is 16.5. The van der Waals surface area contributed by atoms with Crippen molar-refractivity contribution in [3.05, 3.63) is 53.6 Å². The molecule has 0 bridgehead atoms. The lowest BCUT2D eigenvalue weighted by atomic mass is 10.0. The summed E-state index contributed by atoms with van der Waals surface area (Å²) in [4.78, 5) is 14.4.